The Kier molecular flexibility index (Phi) is 11.1. The van der Waals surface area contributed by atoms with Crippen molar-refractivity contribution in [2.45, 2.75) is 63.1 Å². The molecular formula is C36H37Cl2N3O5S. The predicted molar refractivity (Wildman–Crippen MR) is 186 cm³/mol. The number of amides is 2. The van der Waals surface area contributed by atoms with Gasteiger partial charge in [-0.1, -0.05) is 78.0 Å². The van der Waals surface area contributed by atoms with Gasteiger partial charge in [0.05, 0.1) is 20.6 Å². The number of benzene rings is 4. The van der Waals surface area contributed by atoms with Crippen molar-refractivity contribution in [3.63, 3.8) is 0 Å². The molecule has 246 valence electrons. The van der Waals surface area contributed by atoms with E-state index in [-0.39, 0.29) is 29.1 Å². The minimum Gasteiger partial charge on any atom is -0.457 e. The van der Waals surface area contributed by atoms with Gasteiger partial charge in [-0.3, -0.25) is 13.9 Å². The predicted octanol–water partition coefficient (Wildman–Crippen LogP) is 7.77. The molecule has 1 aliphatic carbocycles. The number of aryl methyl sites for hydroxylation is 1. The molecule has 0 radical (unpaired) electrons. The number of anilines is 1. The summed E-state index contributed by atoms with van der Waals surface area (Å²) in [7, 11) is -4.22. The Hall–Kier alpha value is -4.05. The van der Waals surface area contributed by atoms with Gasteiger partial charge in [-0.05, 0) is 92.9 Å². The molecular weight excluding hydrogens is 657 g/mol. The maximum atomic E-state index is 14.3. The lowest BCUT2D eigenvalue weighted by Gasteiger charge is -2.32. The molecule has 0 aliphatic heterocycles. The van der Waals surface area contributed by atoms with E-state index in [1.165, 1.54) is 17.0 Å². The fourth-order valence-electron chi connectivity index (χ4n) is 5.48. The van der Waals surface area contributed by atoms with Crippen LogP contribution in [0.2, 0.25) is 10.0 Å². The molecule has 0 spiro atoms. The Bertz CT molecular complexity index is 1800. The highest BCUT2D eigenvalue weighted by molar-refractivity contribution is 7.92. The van der Waals surface area contributed by atoms with Gasteiger partial charge in [-0.25, -0.2) is 8.42 Å². The molecule has 1 aliphatic rings. The molecule has 1 N–H and O–H groups in total. The molecule has 1 saturated carbocycles. The molecule has 2 amide bonds. The van der Waals surface area contributed by atoms with Crippen LogP contribution in [0.25, 0.3) is 0 Å². The van der Waals surface area contributed by atoms with Crippen molar-refractivity contribution < 1.29 is 22.7 Å². The lowest BCUT2D eigenvalue weighted by atomic mass is 10.1. The number of carbonyl (C=O) groups is 2. The van der Waals surface area contributed by atoms with Crippen LogP contribution in [0.4, 0.5) is 5.69 Å². The van der Waals surface area contributed by atoms with Crippen molar-refractivity contribution in [1.29, 1.82) is 0 Å². The van der Waals surface area contributed by atoms with Crippen LogP contribution in [-0.2, 0) is 26.2 Å². The van der Waals surface area contributed by atoms with Gasteiger partial charge < -0.3 is 15.0 Å². The Morgan fingerprint density at radius 1 is 0.872 bits per heavy atom. The van der Waals surface area contributed by atoms with Crippen molar-refractivity contribution in [1.82, 2.24) is 10.2 Å². The molecule has 5 rings (SSSR count). The second kappa shape index (κ2) is 15.2. The van der Waals surface area contributed by atoms with Gasteiger partial charge >= 0.3 is 0 Å². The number of hydrogen-bond donors (Lipinski definition) is 1. The fraction of sp³-hybridized carbons (Fsp3) is 0.278. The number of sulfonamides is 1. The largest absolute Gasteiger partial charge is 0.457 e. The van der Waals surface area contributed by atoms with Crippen LogP contribution in [0, 0.1) is 6.92 Å². The van der Waals surface area contributed by atoms with E-state index in [0.717, 1.165) is 35.6 Å². The van der Waals surface area contributed by atoms with Crippen molar-refractivity contribution in [2.75, 3.05) is 10.8 Å². The normalized spacial score (nSPS) is 14.0. The highest BCUT2D eigenvalue weighted by Crippen LogP contribution is 2.29. The molecule has 47 heavy (non-hydrogen) atoms. The molecule has 0 bridgehead atoms. The highest BCUT2D eigenvalue weighted by Gasteiger charge is 2.33. The molecule has 0 saturated heterocycles. The van der Waals surface area contributed by atoms with Crippen LogP contribution in [-0.4, -0.2) is 43.8 Å². The van der Waals surface area contributed by atoms with Crippen LogP contribution < -0.4 is 14.4 Å². The molecule has 4 aromatic carbocycles. The fourth-order valence-corrected chi connectivity index (χ4v) is 7.22. The summed E-state index contributed by atoms with van der Waals surface area (Å²) in [5.74, 6) is 0.255. The van der Waals surface area contributed by atoms with E-state index in [1.54, 1.807) is 61.5 Å². The summed E-state index contributed by atoms with van der Waals surface area (Å²) >= 11 is 12.4. The topological polar surface area (TPSA) is 96.0 Å². The summed E-state index contributed by atoms with van der Waals surface area (Å²) in [4.78, 5) is 29.1. The summed E-state index contributed by atoms with van der Waals surface area (Å²) in [5, 5.41) is 3.73. The van der Waals surface area contributed by atoms with Gasteiger partial charge in [0.15, 0.2) is 0 Å². The minimum atomic E-state index is -4.22. The number of hydrogen-bond acceptors (Lipinski definition) is 5. The first-order chi connectivity index (χ1) is 22.5. The van der Waals surface area contributed by atoms with Gasteiger partial charge in [-0.15, -0.1) is 0 Å². The monoisotopic (exact) mass is 693 g/mol. The number of halogens is 2. The lowest BCUT2D eigenvalue weighted by molar-refractivity contribution is -0.139. The first-order valence-electron chi connectivity index (χ1n) is 15.5. The summed E-state index contributed by atoms with van der Waals surface area (Å²) in [6.45, 7) is 2.96. The third kappa shape index (κ3) is 8.66. The first-order valence-corrected chi connectivity index (χ1v) is 17.7. The summed E-state index contributed by atoms with van der Waals surface area (Å²) in [5.41, 5.74) is 1.80. The van der Waals surface area contributed by atoms with Crippen molar-refractivity contribution in [2.24, 2.45) is 0 Å². The van der Waals surface area contributed by atoms with E-state index in [0.29, 0.717) is 27.1 Å². The van der Waals surface area contributed by atoms with Gasteiger partial charge in [0.25, 0.3) is 10.0 Å². The number of rotatable bonds is 12. The van der Waals surface area contributed by atoms with E-state index in [1.807, 2.05) is 37.3 Å². The molecule has 8 nitrogen and oxygen atoms in total. The molecule has 0 heterocycles. The number of nitrogens with zero attached hydrogens (tertiary/aromatic N) is 2. The van der Waals surface area contributed by atoms with Crippen molar-refractivity contribution in [3.05, 3.63) is 118 Å². The zero-order chi connectivity index (χ0) is 33.6. The van der Waals surface area contributed by atoms with Crippen LogP contribution in [0.1, 0.15) is 43.7 Å². The highest BCUT2D eigenvalue weighted by atomic mass is 35.5. The molecule has 1 fully saturated rings. The van der Waals surface area contributed by atoms with Crippen molar-refractivity contribution in [3.8, 4) is 11.5 Å². The molecule has 11 heteroatoms. The Morgan fingerprint density at radius 3 is 2.15 bits per heavy atom. The smallest absolute Gasteiger partial charge is 0.264 e. The molecule has 4 aromatic rings. The van der Waals surface area contributed by atoms with Crippen LogP contribution in [0.3, 0.4) is 0 Å². The number of ether oxygens (including phenoxy) is 1. The number of para-hydroxylation sites is 1. The zero-order valence-electron chi connectivity index (χ0n) is 26.2. The standard InChI is InChI=1S/C36H37Cl2N3O5S/c1-25-12-19-32(20-13-25)47(44,45)41(29-15-17-31(18-16-29)46-30-10-4-3-5-11-30)24-35(42)40(23-27-14-21-33(37)34(38)22-27)26(2)36(43)39-28-8-6-7-9-28/h3-5,10-22,26,28H,6-9,23-24H2,1-2H3,(H,39,43)/t26-/m1/s1. The van der Waals surface area contributed by atoms with Gasteiger partial charge in [0.2, 0.25) is 11.8 Å². The van der Waals surface area contributed by atoms with Gasteiger partial charge in [0.1, 0.15) is 24.1 Å². The second-order valence-electron chi connectivity index (χ2n) is 11.7. The van der Waals surface area contributed by atoms with Crippen LogP contribution in [0.15, 0.2) is 102 Å². The zero-order valence-corrected chi connectivity index (χ0v) is 28.6. The maximum Gasteiger partial charge on any atom is 0.264 e. The summed E-state index contributed by atoms with van der Waals surface area (Å²) in [6, 6.07) is 26.3. The molecule has 1 atom stereocenters. The average Bonchev–Trinajstić information content (AvgIpc) is 3.58. The van der Waals surface area contributed by atoms with Crippen LogP contribution in [0.5, 0.6) is 11.5 Å². The Labute approximate surface area is 286 Å². The lowest BCUT2D eigenvalue weighted by Crippen LogP contribution is -2.52. The van der Waals surface area contributed by atoms with E-state index in [2.05, 4.69) is 5.32 Å². The van der Waals surface area contributed by atoms with Crippen molar-refractivity contribution >= 4 is 50.7 Å². The van der Waals surface area contributed by atoms with Gasteiger partial charge in [-0.2, -0.15) is 0 Å². The van der Waals surface area contributed by atoms with Gasteiger partial charge in [0, 0.05) is 12.6 Å². The third-order valence-electron chi connectivity index (χ3n) is 8.20. The Balaban J connectivity index is 1.48. The first kappa shape index (κ1) is 34.3. The van der Waals surface area contributed by atoms with E-state index in [9.17, 15) is 18.0 Å². The van der Waals surface area contributed by atoms with E-state index >= 15 is 0 Å². The maximum absolute atomic E-state index is 14.3. The third-order valence-corrected chi connectivity index (χ3v) is 10.7. The molecule has 0 unspecified atom stereocenters. The quantitative estimate of drug-likeness (QED) is 0.164. The second-order valence-corrected chi connectivity index (χ2v) is 14.3. The van der Waals surface area contributed by atoms with E-state index < -0.39 is 28.5 Å². The van der Waals surface area contributed by atoms with Crippen LogP contribution >= 0.6 is 23.2 Å². The van der Waals surface area contributed by atoms with E-state index in [4.69, 9.17) is 27.9 Å². The molecule has 0 aromatic heterocycles. The average molecular weight is 695 g/mol. The minimum absolute atomic E-state index is 0.0112. The Morgan fingerprint density at radius 2 is 1.51 bits per heavy atom. The summed E-state index contributed by atoms with van der Waals surface area (Å²) < 4.78 is 35.3. The number of nitrogens with one attached hydrogen (secondary N) is 1. The number of carbonyl (C=O) groups excluding carboxylic acids is 2. The summed E-state index contributed by atoms with van der Waals surface area (Å²) in [6.07, 6.45) is 3.83. The SMILES string of the molecule is Cc1ccc(S(=O)(=O)N(CC(=O)N(Cc2ccc(Cl)c(Cl)c2)[C@H](C)C(=O)NC2CCCC2)c2ccc(Oc3ccccc3)cc2)cc1.